The van der Waals surface area contributed by atoms with Crippen LogP contribution in [-0.4, -0.2) is 15.9 Å². The molecule has 0 saturated heterocycles. The van der Waals surface area contributed by atoms with E-state index in [1.807, 2.05) is 59.5 Å². The molecule has 4 rings (SSSR count). The summed E-state index contributed by atoms with van der Waals surface area (Å²) in [6.45, 7) is 4.54. The summed E-state index contributed by atoms with van der Waals surface area (Å²) in [6.07, 6.45) is 7.27. The van der Waals surface area contributed by atoms with Crippen LogP contribution in [0.5, 0.6) is 0 Å². The van der Waals surface area contributed by atoms with Crippen LogP contribution in [-0.2, 0) is 6.54 Å². The Labute approximate surface area is 162 Å². The summed E-state index contributed by atoms with van der Waals surface area (Å²) >= 11 is 6.00. The minimum atomic E-state index is -0.170. The van der Waals surface area contributed by atoms with Crippen molar-refractivity contribution in [3.63, 3.8) is 0 Å². The fraction of sp³-hybridized carbons (Fsp3) is 0.0476. The van der Waals surface area contributed by atoms with Gasteiger partial charge in [-0.3, -0.25) is 14.7 Å². The van der Waals surface area contributed by atoms with Crippen molar-refractivity contribution in [2.45, 2.75) is 6.54 Å². The van der Waals surface area contributed by atoms with Gasteiger partial charge in [-0.1, -0.05) is 18.2 Å². The lowest BCUT2D eigenvalue weighted by Gasteiger charge is -2.27. The maximum atomic E-state index is 12.6. The number of hydrogen-bond donors (Lipinski definition) is 2. The molecular formula is C21H17ClN4O. The van der Waals surface area contributed by atoms with Gasteiger partial charge in [0, 0.05) is 40.9 Å². The lowest BCUT2D eigenvalue weighted by Crippen LogP contribution is -2.23. The topological polar surface area (TPSA) is 61.0 Å². The normalized spacial score (nSPS) is 12.8. The summed E-state index contributed by atoms with van der Waals surface area (Å²) in [5, 5.41) is 3.58. The lowest BCUT2D eigenvalue weighted by molar-refractivity contribution is 0.0946. The number of halogens is 1. The molecule has 1 amide bonds. The Hall–Kier alpha value is -3.31. The molecule has 0 radical (unpaired) electrons. The van der Waals surface area contributed by atoms with E-state index in [-0.39, 0.29) is 5.91 Å². The van der Waals surface area contributed by atoms with Crippen LogP contribution in [0.1, 0.15) is 21.6 Å². The molecule has 1 aliphatic heterocycles. The zero-order valence-corrected chi connectivity index (χ0v) is 15.2. The first-order valence-corrected chi connectivity index (χ1v) is 8.82. The lowest BCUT2D eigenvalue weighted by atomic mass is 10.1. The SMILES string of the molecule is C=C1C=Cc2cc(C(=O)NCc3ccncc3)[nH]c2N1c1ccc(Cl)cc1. The highest BCUT2D eigenvalue weighted by molar-refractivity contribution is 6.30. The van der Waals surface area contributed by atoms with E-state index < -0.39 is 0 Å². The van der Waals surface area contributed by atoms with Crippen molar-refractivity contribution >= 4 is 35.1 Å². The molecule has 2 aromatic heterocycles. The van der Waals surface area contributed by atoms with Gasteiger partial charge in [-0.2, -0.15) is 0 Å². The van der Waals surface area contributed by atoms with E-state index in [1.54, 1.807) is 12.4 Å². The maximum absolute atomic E-state index is 12.6. The van der Waals surface area contributed by atoms with Crippen LogP contribution in [0, 0.1) is 0 Å². The average molecular weight is 377 g/mol. The van der Waals surface area contributed by atoms with Crippen molar-refractivity contribution in [1.82, 2.24) is 15.3 Å². The number of benzene rings is 1. The van der Waals surface area contributed by atoms with Crippen molar-refractivity contribution in [2.75, 3.05) is 4.90 Å². The Morgan fingerprint density at radius 3 is 2.63 bits per heavy atom. The first kappa shape index (κ1) is 17.1. The molecule has 0 bridgehead atoms. The molecule has 0 fully saturated rings. The first-order chi connectivity index (χ1) is 13.1. The molecular weight excluding hydrogens is 360 g/mol. The van der Waals surface area contributed by atoms with E-state index in [1.165, 1.54) is 0 Å². The number of rotatable bonds is 4. The zero-order valence-electron chi connectivity index (χ0n) is 14.4. The standard InChI is InChI=1S/C21H17ClN4O/c1-14-2-3-16-12-19(21(27)24-13-15-8-10-23-11-9-15)25-20(16)26(14)18-6-4-17(22)5-7-18/h2-12,25H,1,13H2,(H,24,27). The number of nitrogens with zero attached hydrogens (tertiary/aromatic N) is 2. The number of carbonyl (C=O) groups is 1. The van der Waals surface area contributed by atoms with E-state index in [0.717, 1.165) is 28.3 Å². The van der Waals surface area contributed by atoms with Gasteiger partial charge in [0.1, 0.15) is 11.5 Å². The highest BCUT2D eigenvalue weighted by Crippen LogP contribution is 2.36. The zero-order chi connectivity index (χ0) is 18.8. The molecule has 27 heavy (non-hydrogen) atoms. The van der Waals surface area contributed by atoms with Crippen LogP contribution < -0.4 is 10.2 Å². The second-order valence-electron chi connectivity index (χ2n) is 6.16. The van der Waals surface area contributed by atoms with E-state index in [2.05, 4.69) is 21.9 Å². The Morgan fingerprint density at radius 1 is 1.15 bits per heavy atom. The molecule has 6 heteroatoms. The molecule has 2 N–H and O–H groups in total. The molecule has 5 nitrogen and oxygen atoms in total. The number of H-pyrrole nitrogens is 1. The van der Waals surface area contributed by atoms with Gasteiger partial charge < -0.3 is 10.3 Å². The number of anilines is 2. The quantitative estimate of drug-likeness (QED) is 0.695. The second-order valence-corrected chi connectivity index (χ2v) is 6.60. The second kappa shape index (κ2) is 7.13. The summed E-state index contributed by atoms with van der Waals surface area (Å²) in [6, 6.07) is 13.1. The number of allylic oxidation sites excluding steroid dienone is 1. The van der Waals surface area contributed by atoms with E-state index in [4.69, 9.17) is 11.6 Å². The molecule has 1 aromatic carbocycles. The van der Waals surface area contributed by atoms with Crippen molar-refractivity contribution in [1.29, 1.82) is 0 Å². The molecule has 0 atom stereocenters. The smallest absolute Gasteiger partial charge is 0.268 e. The summed E-state index contributed by atoms with van der Waals surface area (Å²) < 4.78 is 0. The Morgan fingerprint density at radius 2 is 1.89 bits per heavy atom. The van der Waals surface area contributed by atoms with Crippen LogP contribution in [0.15, 0.2) is 73.2 Å². The number of nitrogens with one attached hydrogen (secondary N) is 2. The summed E-state index contributed by atoms with van der Waals surface area (Å²) in [5.74, 6) is 0.634. The number of aromatic amines is 1. The van der Waals surface area contributed by atoms with Crippen LogP contribution in [0.2, 0.25) is 5.02 Å². The van der Waals surface area contributed by atoms with Crippen molar-refractivity contribution in [2.24, 2.45) is 0 Å². The summed E-state index contributed by atoms with van der Waals surface area (Å²) in [7, 11) is 0. The third-order valence-electron chi connectivity index (χ3n) is 4.32. The van der Waals surface area contributed by atoms with Crippen molar-refractivity contribution in [3.05, 3.63) is 95.1 Å². The molecule has 0 unspecified atom stereocenters. The molecule has 134 valence electrons. The van der Waals surface area contributed by atoms with Crippen LogP contribution >= 0.6 is 11.6 Å². The number of carbonyl (C=O) groups excluding carboxylic acids is 1. The molecule has 3 aromatic rings. The van der Waals surface area contributed by atoms with Gasteiger partial charge in [0.25, 0.3) is 5.91 Å². The van der Waals surface area contributed by atoms with E-state index in [0.29, 0.717) is 17.3 Å². The third kappa shape index (κ3) is 3.50. The largest absolute Gasteiger partial charge is 0.347 e. The minimum Gasteiger partial charge on any atom is -0.347 e. The Kier molecular flexibility index (Phi) is 4.52. The maximum Gasteiger partial charge on any atom is 0.268 e. The van der Waals surface area contributed by atoms with Crippen molar-refractivity contribution < 1.29 is 4.79 Å². The molecule has 1 aliphatic rings. The van der Waals surface area contributed by atoms with Gasteiger partial charge in [-0.05, 0) is 60.2 Å². The van der Waals surface area contributed by atoms with Gasteiger partial charge in [0.05, 0.1) is 0 Å². The highest BCUT2D eigenvalue weighted by Gasteiger charge is 2.22. The number of aromatic nitrogens is 2. The molecule has 3 heterocycles. The van der Waals surface area contributed by atoms with Crippen LogP contribution in [0.4, 0.5) is 11.5 Å². The third-order valence-corrected chi connectivity index (χ3v) is 4.58. The van der Waals surface area contributed by atoms with E-state index in [9.17, 15) is 4.79 Å². The predicted octanol–water partition coefficient (Wildman–Crippen LogP) is 4.67. The summed E-state index contributed by atoms with van der Waals surface area (Å²) in [5.41, 5.74) is 4.13. The van der Waals surface area contributed by atoms with Gasteiger partial charge in [0.2, 0.25) is 0 Å². The fourth-order valence-electron chi connectivity index (χ4n) is 2.96. The monoisotopic (exact) mass is 376 g/mol. The number of hydrogen-bond acceptors (Lipinski definition) is 3. The van der Waals surface area contributed by atoms with Crippen LogP contribution in [0.25, 0.3) is 6.08 Å². The Balaban J connectivity index is 1.58. The first-order valence-electron chi connectivity index (χ1n) is 8.44. The van der Waals surface area contributed by atoms with E-state index >= 15 is 0 Å². The van der Waals surface area contributed by atoms with Crippen LogP contribution in [0.3, 0.4) is 0 Å². The van der Waals surface area contributed by atoms with Gasteiger partial charge >= 0.3 is 0 Å². The van der Waals surface area contributed by atoms with Gasteiger partial charge in [-0.15, -0.1) is 0 Å². The molecule has 0 spiro atoms. The number of fused-ring (bicyclic) bond motifs is 1. The summed E-state index contributed by atoms with van der Waals surface area (Å²) in [4.78, 5) is 21.7. The fourth-order valence-corrected chi connectivity index (χ4v) is 3.09. The average Bonchev–Trinajstić information content (AvgIpc) is 3.12. The number of amides is 1. The molecule has 0 saturated carbocycles. The number of pyridine rings is 1. The molecule has 0 aliphatic carbocycles. The highest BCUT2D eigenvalue weighted by atomic mass is 35.5. The van der Waals surface area contributed by atoms with Crippen molar-refractivity contribution in [3.8, 4) is 0 Å². The Bertz CT molecular complexity index is 1020. The van der Waals surface area contributed by atoms with Gasteiger partial charge in [0.15, 0.2) is 0 Å². The predicted molar refractivity (Wildman–Crippen MR) is 108 cm³/mol. The van der Waals surface area contributed by atoms with Gasteiger partial charge in [-0.25, -0.2) is 0 Å². The minimum absolute atomic E-state index is 0.170.